The van der Waals surface area contributed by atoms with Gasteiger partial charge in [-0.05, 0) is 25.1 Å². The van der Waals surface area contributed by atoms with E-state index in [2.05, 4.69) is 5.32 Å². The van der Waals surface area contributed by atoms with Gasteiger partial charge in [0.25, 0.3) is 5.91 Å². The minimum Gasteiger partial charge on any atom is -0.452 e. The molecule has 0 saturated heterocycles. The smallest absolute Gasteiger partial charge is 0.338 e. The van der Waals surface area contributed by atoms with Crippen LogP contribution < -0.4 is 5.32 Å². The number of nitrogens with one attached hydrogen (secondary N) is 1. The van der Waals surface area contributed by atoms with Crippen LogP contribution in [0.3, 0.4) is 0 Å². The molecule has 0 aliphatic heterocycles. The fourth-order valence-corrected chi connectivity index (χ4v) is 1.18. The molecule has 5 heteroatoms. The molecule has 0 saturated carbocycles. The van der Waals surface area contributed by atoms with Gasteiger partial charge in [0.05, 0.1) is 17.2 Å². The third-order valence-corrected chi connectivity index (χ3v) is 1.94. The van der Waals surface area contributed by atoms with Crippen molar-refractivity contribution in [2.45, 2.75) is 6.92 Å². The highest BCUT2D eigenvalue weighted by Crippen LogP contribution is 2.05. The van der Waals surface area contributed by atoms with Crippen molar-refractivity contribution in [3.8, 4) is 6.07 Å². The van der Waals surface area contributed by atoms with Crippen molar-refractivity contribution in [3.05, 3.63) is 35.4 Å². The standard InChI is InChI=1S/C12H12N2O3/c1-2-14-11(15)8-17-12(16)10-5-3-4-9(6-10)7-13/h3-6H,2,8H2,1H3,(H,14,15). The van der Waals surface area contributed by atoms with E-state index in [0.29, 0.717) is 12.1 Å². The summed E-state index contributed by atoms with van der Waals surface area (Å²) in [5.74, 6) is -0.967. The van der Waals surface area contributed by atoms with Gasteiger partial charge in [-0.2, -0.15) is 5.26 Å². The van der Waals surface area contributed by atoms with Gasteiger partial charge in [0, 0.05) is 6.54 Å². The lowest BCUT2D eigenvalue weighted by Crippen LogP contribution is -2.28. The van der Waals surface area contributed by atoms with E-state index in [-0.39, 0.29) is 18.1 Å². The van der Waals surface area contributed by atoms with Crippen molar-refractivity contribution in [2.24, 2.45) is 0 Å². The molecule has 1 aromatic carbocycles. The maximum atomic E-state index is 11.5. The van der Waals surface area contributed by atoms with E-state index in [1.54, 1.807) is 19.1 Å². The maximum absolute atomic E-state index is 11.5. The van der Waals surface area contributed by atoms with Crippen LogP contribution in [0.4, 0.5) is 0 Å². The second kappa shape index (κ2) is 6.28. The molecule has 0 aliphatic rings. The number of amides is 1. The van der Waals surface area contributed by atoms with Gasteiger partial charge in [-0.15, -0.1) is 0 Å². The Morgan fingerprint density at radius 3 is 2.88 bits per heavy atom. The van der Waals surface area contributed by atoms with Crippen molar-refractivity contribution in [2.75, 3.05) is 13.2 Å². The Bertz CT molecular complexity index is 463. The molecule has 17 heavy (non-hydrogen) atoms. The minimum absolute atomic E-state index is 0.258. The lowest BCUT2D eigenvalue weighted by atomic mass is 10.1. The molecule has 1 rings (SSSR count). The second-order valence-corrected chi connectivity index (χ2v) is 3.22. The molecule has 0 atom stereocenters. The summed E-state index contributed by atoms with van der Waals surface area (Å²) in [5, 5.41) is 11.2. The zero-order valence-electron chi connectivity index (χ0n) is 9.40. The fourth-order valence-electron chi connectivity index (χ4n) is 1.18. The summed E-state index contributed by atoms with van der Waals surface area (Å²) < 4.78 is 4.78. The quantitative estimate of drug-likeness (QED) is 0.780. The number of carbonyl (C=O) groups excluding carboxylic acids is 2. The summed E-state index contributed by atoms with van der Waals surface area (Å²) in [6.07, 6.45) is 0. The SMILES string of the molecule is CCNC(=O)COC(=O)c1cccc(C#N)c1. The van der Waals surface area contributed by atoms with Crippen molar-refractivity contribution in [3.63, 3.8) is 0 Å². The van der Waals surface area contributed by atoms with E-state index in [1.165, 1.54) is 12.1 Å². The van der Waals surface area contributed by atoms with Crippen LogP contribution in [0.15, 0.2) is 24.3 Å². The van der Waals surface area contributed by atoms with Gasteiger partial charge >= 0.3 is 5.97 Å². The Hall–Kier alpha value is -2.35. The number of likely N-dealkylation sites (N-methyl/N-ethyl adjacent to an activating group) is 1. The molecule has 1 aromatic rings. The van der Waals surface area contributed by atoms with Gasteiger partial charge in [-0.1, -0.05) is 6.07 Å². The first kappa shape index (κ1) is 12.7. The summed E-state index contributed by atoms with van der Waals surface area (Å²) in [5.41, 5.74) is 0.630. The summed E-state index contributed by atoms with van der Waals surface area (Å²) in [4.78, 5) is 22.6. The van der Waals surface area contributed by atoms with E-state index >= 15 is 0 Å². The number of hydrogen-bond donors (Lipinski definition) is 1. The minimum atomic E-state index is -0.617. The highest BCUT2D eigenvalue weighted by Gasteiger charge is 2.09. The van der Waals surface area contributed by atoms with E-state index < -0.39 is 5.97 Å². The lowest BCUT2D eigenvalue weighted by molar-refractivity contribution is -0.124. The van der Waals surface area contributed by atoms with Crippen LogP contribution in [-0.2, 0) is 9.53 Å². The molecule has 0 spiro atoms. The Balaban J connectivity index is 2.58. The van der Waals surface area contributed by atoms with Gasteiger partial charge < -0.3 is 10.1 Å². The third kappa shape index (κ3) is 3.95. The van der Waals surface area contributed by atoms with Gasteiger partial charge in [0.2, 0.25) is 0 Å². The molecular formula is C12H12N2O3. The number of nitrogens with zero attached hydrogens (tertiary/aromatic N) is 1. The summed E-state index contributed by atoms with van der Waals surface area (Å²) in [7, 11) is 0. The molecule has 0 bridgehead atoms. The third-order valence-electron chi connectivity index (χ3n) is 1.94. The Labute approximate surface area is 99.0 Å². The molecule has 0 unspecified atom stereocenters. The monoisotopic (exact) mass is 232 g/mol. The predicted molar refractivity (Wildman–Crippen MR) is 60.1 cm³/mol. The Kier molecular flexibility index (Phi) is 4.70. The molecule has 0 aliphatic carbocycles. The number of carbonyl (C=O) groups is 2. The van der Waals surface area contributed by atoms with Crippen molar-refractivity contribution in [1.82, 2.24) is 5.32 Å². The number of nitriles is 1. The topological polar surface area (TPSA) is 79.2 Å². The first-order chi connectivity index (χ1) is 8.17. The van der Waals surface area contributed by atoms with Gasteiger partial charge in [0.1, 0.15) is 0 Å². The Morgan fingerprint density at radius 1 is 1.47 bits per heavy atom. The van der Waals surface area contributed by atoms with Crippen LogP contribution in [0.25, 0.3) is 0 Å². The fraction of sp³-hybridized carbons (Fsp3) is 0.250. The number of esters is 1. The molecule has 5 nitrogen and oxygen atoms in total. The lowest BCUT2D eigenvalue weighted by Gasteiger charge is -2.04. The van der Waals surface area contributed by atoms with E-state index in [4.69, 9.17) is 10.00 Å². The average Bonchev–Trinajstić information content (AvgIpc) is 2.36. The number of rotatable bonds is 4. The van der Waals surface area contributed by atoms with Gasteiger partial charge in [0.15, 0.2) is 6.61 Å². The average molecular weight is 232 g/mol. The van der Waals surface area contributed by atoms with E-state index in [9.17, 15) is 9.59 Å². The zero-order valence-corrected chi connectivity index (χ0v) is 9.40. The molecule has 1 amide bonds. The van der Waals surface area contributed by atoms with Crippen LogP contribution in [0.5, 0.6) is 0 Å². The van der Waals surface area contributed by atoms with Crippen LogP contribution in [0.2, 0.25) is 0 Å². The maximum Gasteiger partial charge on any atom is 0.338 e. The normalized spacial score (nSPS) is 9.18. The molecule has 0 heterocycles. The Morgan fingerprint density at radius 2 is 2.24 bits per heavy atom. The van der Waals surface area contributed by atoms with Crippen LogP contribution >= 0.6 is 0 Å². The molecule has 0 radical (unpaired) electrons. The van der Waals surface area contributed by atoms with E-state index in [1.807, 2.05) is 6.07 Å². The molecule has 0 aromatic heterocycles. The molecule has 88 valence electrons. The van der Waals surface area contributed by atoms with Crippen molar-refractivity contribution >= 4 is 11.9 Å². The predicted octanol–water partition coefficient (Wildman–Crippen LogP) is 0.851. The summed E-state index contributed by atoms with van der Waals surface area (Å²) in [6.45, 7) is 1.94. The van der Waals surface area contributed by atoms with Crippen LogP contribution in [0, 0.1) is 11.3 Å². The largest absolute Gasteiger partial charge is 0.452 e. The highest BCUT2D eigenvalue weighted by molar-refractivity contribution is 5.91. The van der Waals surface area contributed by atoms with Crippen molar-refractivity contribution < 1.29 is 14.3 Å². The second-order valence-electron chi connectivity index (χ2n) is 3.22. The number of benzene rings is 1. The van der Waals surface area contributed by atoms with Crippen LogP contribution in [-0.4, -0.2) is 25.0 Å². The number of hydrogen-bond acceptors (Lipinski definition) is 4. The van der Waals surface area contributed by atoms with Gasteiger partial charge in [-0.3, -0.25) is 4.79 Å². The number of ether oxygens (including phenoxy) is 1. The summed E-state index contributed by atoms with van der Waals surface area (Å²) in [6, 6.07) is 8.03. The molecule has 0 fully saturated rings. The summed E-state index contributed by atoms with van der Waals surface area (Å²) >= 11 is 0. The molecule has 1 N–H and O–H groups in total. The first-order valence-corrected chi connectivity index (χ1v) is 5.11. The van der Waals surface area contributed by atoms with Crippen molar-refractivity contribution in [1.29, 1.82) is 5.26 Å². The zero-order chi connectivity index (χ0) is 12.7. The van der Waals surface area contributed by atoms with Gasteiger partial charge in [-0.25, -0.2) is 4.79 Å². The highest BCUT2D eigenvalue weighted by atomic mass is 16.5. The first-order valence-electron chi connectivity index (χ1n) is 5.11. The van der Waals surface area contributed by atoms with E-state index in [0.717, 1.165) is 0 Å². The molecular weight excluding hydrogens is 220 g/mol. The van der Waals surface area contributed by atoms with Crippen LogP contribution in [0.1, 0.15) is 22.8 Å².